The van der Waals surface area contributed by atoms with Crippen LogP contribution in [0.1, 0.15) is 73.1 Å². The fourth-order valence-electron chi connectivity index (χ4n) is 4.09. The van der Waals surface area contributed by atoms with Gasteiger partial charge in [0.05, 0.1) is 0 Å². The van der Waals surface area contributed by atoms with E-state index in [2.05, 4.69) is 34.6 Å². The van der Waals surface area contributed by atoms with Crippen molar-refractivity contribution in [2.45, 2.75) is 79.2 Å². The zero-order chi connectivity index (χ0) is 13.1. The summed E-state index contributed by atoms with van der Waals surface area (Å²) in [5.74, 6) is 2.58. The molecule has 1 aliphatic rings. The van der Waals surface area contributed by atoms with E-state index in [1.807, 2.05) is 0 Å². The van der Waals surface area contributed by atoms with Crippen LogP contribution in [0.25, 0.3) is 0 Å². The maximum absolute atomic E-state index is 6.48. The predicted molar refractivity (Wildman–Crippen MR) is 77.0 cm³/mol. The molecule has 1 saturated carbocycles. The molecular formula is C16H33N. The molecule has 4 unspecified atom stereocenters. The van der Waals surface area contributed by atoms with Crippen molar-refractivity contribution in [3.8, 4) is 0 Å². The quantitative estimate of drug-likeness (QED) is 0.720. The summed E-state index contributed by atoms with van der Waals surface area (Å²) in [6.07, 6.45) is 7.89. The first-order valence-corrected chi connectivity index (χ1v) is 7.72. The van der Waals surface area contributed by atoms with Gasteiger partial charge in [0, 0.05) is 6.04 Å². The number of unbranched alkanes of at least 4 members (excludes halogenated alkanes) is 1. The first-order valence-electron chi connectivity index (χ1n) is 7.72. The second-order valence-corrected chi connectivity index (χ2v) is 6.77. The van der Waals surface area contributed by atoms with Crippen molar-refractivity contribution in [3.63, 3.8) is 0 Å². The molecule has 102 valence electrons. The highest BCUT2D eigenvalue weighted by Gasteiger charge is 2.46. The second-order valence-electron chi connectivity index (χ2n) is 6.77. The van der Waals surface area contributed by atoms with E-state index in [9.17, 15) is 0 Å². The maximum Gasteiger partial charge on any atom is 0.00931 e. The highest BCUT2D eigenvalue weighted by molar-refractivity contribution is 4.98. The van der Waals surface area contributed by atoms with Gasteiger partial charge in [-0.2, -0.15) is 0 Å². The van der Waals surface area contributed by atoms with E-state index in [0.717, 1.165) is 24.2 Å². The van der Waals surface area contributed by atoms with Crippen LogP contribution in [0.3, 0.4) is 0 Å². The molecule has 1 rings (SSSR count). The van der Waals surface area contributed by atoms with E-state index in [1.54, 1.807) is 0 Å². The van der Waals surface area contributed by atoms with Crippen LogP contribution in [0.4, 0.5) is 0 Å². The molecule has 17 heavy (non-hydrogen) atoms. The minimum absolute atomic E-state index is 0.417. The monoisotopic (exact) mass is 239 g/mol. The standard InChI is InChI=1S/C16H33N/c1-6-8-9-16(15(17)7-2)10-13(5)14(11-16)12(3)4/h12-15H,6-11,17H2,1-5H3. The van der Waals surface area contributed by atoms with Gasteiger partial charge in [-0.1, -0.05) is 47.5 Å². The van der Waals surface area contributed by atoms with Crippen LogP contribution in [0.15, 0.2) is 0 Å². The summed E-state index contributed by atoms with van der Waals surface area (Å²) >= 11 is 0. The zero-order valence-electron chi connectivity index (χ0n) is 12.6. The Balaban J connectivity index is 2.79. The Bertz CT molecular complexity index is 224. The minimum atomic E-state index is 0.417. The van der Waals surface area contributed by atoms with E-state index in [4.69, 9.17) is 5.73 Å². The number of rotatable bonds is 6. The van der Waals surface area contributed by atoms with Crippen molar-refractivity contribution in [2.75, 3.05) is 0 Å². The lowest BCUT2D eigenvalue weighted by Crippen LogP contribution is -2.40. The molecule has 1 aliphatic carbocycles. The molecule has 1 heteroatoms. The van der Waals surface area contributed by atoms with Crippen molar-refractivity contribution in [2.24, 2.45) is 28.9 Å². The average molecular weight is 239 g/mol. The third-order valence-corrected chi connectivity index (χ3v) is 5.21. The lowest BCUT2D eigenvalue weighted by Gasteiger charge is -2.36. The largest absolute Gasteiger partial charge is 0.327 e. The maximum atomic E-state index is 6.48. The van der Waals surface area contributed by atoms with Crippen molar-refractivity contribution < 1.29 is 0 Å². The fraction of sp³-hybridized carbons (Fsp3) is 1.00. The Morgan fingerprint density at radius 1 is 1.24 bits per heavy atom. The molecule has 0 heterocycles. The minimum Gasteiger partial charge on any atom is -0.327 e. The summed E-state index contributed by atoms with van der Waals surface area (Å²) < 4.78 is 0. The number of hydrogen-bond donors (Lipinski definition) is 1. The molecule has 1 nitrogen and oxygen atoms in total. The van der Waals surface area contributed by atoms with Gasteiger partial charge in [-0.3, -0.25) is 0 Å². The Kier molecular flexibility index (Phi) is 5.50. The second kappa shape index (κ2) is 6.22. The van der Waals surface area contributed by atoms with Gasteiger partial charge in [-0.15, -0.1) is 0 Å². The van der Waals surface area contributed by atoms with Gasteiger partial charge in [0.1, 0.15) is 0 Å². The summed E-state index contributed by atoms with van der Waals surface area (Å²) in [5.41, 5.74) is 6.94. The Morgan fingerprint density at radius 2 is 1.88 bits per heavy atom. The summed E-state index contributed by atoms with van der Waals surface area (Å²) in [7, 11) is 0. The number of nitrogens with two attached hydrogens (primary N) is 1. The lowest BCUT2D eigenvalue weighted by atomic mass is 9.72. The van der Waals surface area contributed by atoms with Crippen LogP contribution in [0, 0.1) is 23.2 Å². The summed E-state index contributed by atoms with van der Waals surface area (Å²) in [4.78, 5) is 0. The van der Waals surface area contributed by atoms with Crippen molar-refractivity contribution >= 4 is 0 Å². The highest BCUT2D eigenvalue weighted by atomic mass is 14.7. The van der Waals surface area contributed by atoms with Gasteiger partial charge < -0.3 is 5.73 Å². The summed E-state index contributed by atoms with van der Waals surface area (Å²) in [6, 6.07) is 0.417. The third kappa shape index (κ3) is 3.24. The van der Waals surface area contributed by atoms with Crippen LogP contribution >= 0.6 is 0 Å². The van der Waals surface area contributed by atoms with Crippen molar-refractivity contribution in [3.05, 3.63) is 0 Å². The SMILES string of the molecule is CCCCC1(C(N)CC)CC(C)C(C(C)C)C1. The van der Waals surface area contributed by atoms with E-state index in [-0.39, 0.29) is 0 Å². The van der Waals surface area contributed by atoms with Crippen LogP contribution in [0.2, 0.25) is 0 Å². The molecular weight excluding hydrogens is 206 g/mol. The predicted octanol–water partition coefficient (Wildman–Crippen LogP) is 4.60. The van der Waals surface area contributed by atoms with Crippen LogP contribution < -0.4 is 5.73 Å². The van der Waals surface area contributed by atoms with E-state index in [1.165, 1.54) is 32.1 Å². The molecule has 2 N–H and O–H groups in total. The molecule has 0 radical (unpaired) electrons. The smallest absolute Gasteiger partial charge is 0.00931 e. The van der Waals surface area contributed by atoms with Crippen molar-refractivity contribution in [1.82, 2.24) is 0 Å². The molecule has 0 spiro atoms. The van der Waals surface area contributed by atoms with E-state index >= 15 is 0 Å². The molecule has 0 bridgehead atoms. The van der Waals surface area contributed by atoms with Crippen molar-refractivity contribution in [1.29, 1.82) is 0 Å². The topological polar surface area (TPSA) is 26.0 Å². The molecule has 0 aromatic carbocycles. The Morgan fingerprint density at radius 3 is 2.29 bits per heavy atom. The fourth-order valence-corrected chi connectivity index (χ4v) is 4.09. The Hall–Kier alpha value is -0.0400. The van der Waals surface area contributed by atoms with Gasteiger partial charge in [0.2, 0.25) is 0 Å². The average Bonchev–Trinajstić information content (AvgIpc) is 2.64. The molecule has 0 aliphatic heterocycles. The zero-order valence-corrected chi connectivity index (χ0v) is 12.6. The van der Waals surface area contributed by atoms with E-state index in [0.29, 0.717) is 11.5 Å². The molecule has 0 aromatic heterocycles. The van der Waals surface area contributed by atoms with Gasteiger partial charge in [0.25, 0.3) is 0 Å². The first kappa shape index (κ1) is 15.0. The summed E-state index contributed by atoms with van der Waals surface area (Å²) in [6.45, 7) is 11.8. The molecule has 0 aromatic rings. The van der Waals surface area contributed by atoms with Crippen LogP contribution in [-0.2, 0) is 0 Å². The van der Waals surface area contributed by atoms with Gasteiger partial charge in [0.15, 0.2) is 0 Å². The van der Waals surface area contributed by atoms with Gasteiger partial charge >= 0.3 is 0 Å². The Labute approximate surface area is 109 Å². The van der Waals surface area contributed by atoms with Crippen LogP contribution in [-0.4, -0.2) is 6.04 Å². The molecule has 4 atom stereocenters. The lowest BCUT2D eigenvalue weighted by molar-refractivity contribution is 0.183. The normalized spacial score (nSPS) is 35.5. The molecule has 0 amide bonds. The number of hydrogen-bond acceptors (Lipinski definition) is 1. The van der Waals surface area contributed by atoms with Gasteiger partial charge in [-0.05, 0) is 48.9 Å². The third-order valence-electron chi connectivity index (χ3n) is 5.21. The molecule has 0 saturated heterocycles. The first-order chi connectivity index (χ1) is 7.96. The van der Waals surface area contributed by atoms with E-state index < -0.39 is 0 Å². The summed E-state index contributed by atoms with van der Waals surface area (Å²) in [5, 5.41) is 0. The molecule has 1 fully saturated rings. The van der Waals surface area contributed by atoms with Crippen LogP contribution in [0.5, 0.6) is 0 Å². The van der Waals surface area contributed by atoms with Gasteiger partial charge in [-0.25, -0.2) is 0 Å². The highest BCUT2D eigenvalue weighted by Crippen LogP contribution is 2.53.